The molecule has 5 aromatic rings. The van der Waals surface area contributed by atoms with Crippen LogP contribution in [0.3, 0.4) is 0 Å². The second-order valence-electron chi connectivity index (χ2n) is 6.25. The highest BCUT2D eigenvalue weighted by atomic mass is 15.1. The zero-order valence-corrected chi connectivity index (χ0v) is 14.5. The number of hydrogen-bond acceptors (Lipinski definition) is 4. The maximum Gasteiger partial charge on any atom is 0.161 e. The minimum atomic E-state index is 0.742. The molecular weight excluding hydrogens is 324 g/mol. The van der Waals surface area contributed by atoms with Crippen LogP contribution >= 0.6 is 0 Å². The first-order chi connectivity index (χ1) is 12.7. The average molecular weight is 340 g/mol. The minimum Gasteiger partial charge on any atom is -0.326 e. The molecule has 0 bridgehead atoms. The molecule has 5 rings (SSSR count). The molecule has 126 valence electrons. The van der Waals surface area contributed by atoms with Crippen molar-refractivity contribution < 1.29 is 0 Å². The first-order valence-electron chi connectivity index (χ1n) is 8.38. The van der Waals surface area contributed by atoms with Crippen LogP contribution in [0.15, 0.2) is 60.9 Å². The van der Waals surface area contributed by atoms with E-state index >= 15 is 0 Å². The molecule has 0 saturated heterocycles. The number of nitrogens with zero attached hydrogens (tertiary/aromatic N) is 6. The summed E-state index contributed by atoms with van der Waals surface area (Å²) in [5.74, 6) is 1.60. The van der Waals surface area contributed by atoms with Gasteiger partial charge in [-0.2, -0.15) is 0 Å². The summed E-state index contributed by atoms with van der Waals surface area (Å²) in [6, 6.07) is 16.1. The van der Waals surface area contributed by atoms with Crippen molar-refractivity contribution >= 4 is 22.1 Å². The van der Waals surface area contributed by atoms with E-state index in [-0.39, 0.29) is 0 Å². The zero-order chi connectivity index (χ0) is 17.7. The molecule has 0 radical (unpaired) electrons. The Morgan fingerprint density at radius 1 is 0.615 bits per heavy atom. The van der Waals surface area contributed by atoms with Crippen LogP contribution in [0.2, 0.25) is 0 Å². The Morgan fingerprint density at radius 3 is 1.42 bits per heavy atom. The van der Waals surface area contributed by atoms with Crippen LogP contribution in [0.25, 0.3) is 45.1 Å². The SMILES string of the molecule is Cn1c(-c2cnc(-c3nc4ccccc4n3C)cn2)nc2ccccc21. The fourth-order valence-electron chi connectivity index (χ4n) is 3.31. The zero-order valence-electron chi connectivity index (χ0n) is 14.5. The summed E-state index contributed by atoms with van der Waals surface area (Å²) in [4.78, 5) is 18.5. The van der Waals surface area contributed by atoms with Crippen LogP contribution in [-0.2, 0) is 14.1 Å². The van der Waals surface area contributed by atoms with Crippen molar-refractivity contribution in [3.63, 3.8) is 0 Å². The van der Waals surface area contributed by atoms with Crippen LogP contribution in [-0.4, -0.2) is 29.1 Å². The van der Waals surface area contributed by atoms with E-state index in [2.05, 4.69) is 19.9 Å². The number of hydrogen-bond donors (Lipinski definition) is 0. The lowest BCUT2D eigenvalue weighted by atomic mass is 10.3. The van der Waals surface area contributed by atoms with Gasteiger partial charge >= 0.3 is 0 Å². The largest absolute Gasteiger partial charge is 0.326 e. The molecular formula is C20H16N6. The molecule has 0 saturated carbocycles. The van der Waals surface area contributed by atoms with Gasteiger partial charge in [-0.15, -0.1) is 0 Å². The van der Waals surface area contributed by atoms with Crippen LogP contribution in [0.4, 0.5) is 0 Å². The number of para-hydroxylation sites is 4. The van der Waals surface area contributed by atoms with Crippen LogP contribution < -0.4 is 0 Å². The number of benzene rings is 2. The number of fused-ring (bicyclic) bond motifs is 2. The summed E-state index contributed by atoms with van der Waals surface area (Å²) in [5.41, 5.74) is 5.53. The van der Waals surface area contributed by atoms with Gasteiger partial charge in [-0.3, -0.25) is 0 Å². The molecule has 2 aromatic carbocycles. The molecule has 3 heterocycles. The molecule has 0 aliphatic carbocycles. The average Bonchev–Trinajstić information content (AvgIpc) is 3.20. The molecule has 0 spiro atoms. The Morgan fingerprint density at radius 2 is 1.04 bits per heavy atom. The highest BCUT2D eigenvalue weighted by Gasteiger charge is 2.14. The molecule has 0 aliphatic heterocycles. The lowest BCUT2D eigenvalue weighted by molar-refractivity contribution is 0.935. The monoisotopic (exact) mass is 340 g/mol. The topological polar surface area (TPSA) is 61.4 Å². The fraction of sp³-hybridized carbons (Fsp3) is 0.100. The summed E-state index contributed by atoms with van der Waals surface area (Å²) < 4.78 is 4.07. The third-order valence-electron chi connectivity index (χ3n) is 4.68. The van der Waals surface area contributed by atoms with Crippen molar-refractivity contribution in [1.29, 1.82) is 0 Å². The normalized spacial score (nSPS) is 11.5. The van der Waals surface area contributed by atoms with E-state index in [9.17, 15) is 0 Å². The quantitative estimate of drug-likeness (QED) is 0.493. The molecule has 6 nitrogen and oxygen atoms in total. The second-order valence-corrected chi connectivity index (χ2v) is 6.25. The van der Waals surface area contributed by atoms with Gasteiger partial charge in [0.15, 0.2) is 11.6 Å². The third-order valence-corrected chi connectivity index (χ3v) is 4.68. The van der Waals surface area contributed by atoms with Gasteiger partial charge in [0.05, 0.1) is 34.5 Å². The molecule has 0 aliphatic rings. The molecule has 6 heteroatoms. The molecule has 26 heavy (non-hydrogen) atoms. The maximum absolute atomic E-state index is 4.68. The summed E-state index contributed by atoms with van der Waals surface area (Å²) in [6.07, 6.45) is 3.52. The summed E-state index contributed by atoms with van der Waals surface area (Å²) in [5, 5.41) is 0. The first-order valence-corrected chi connectivity index (χ1v) is 8.38. The predicted octanol–water partition coefficient (Wildman–Crippen LogP) is 3.58. The van der Waals surface area contributed by atoms with E-state index < -0.39 is 0 Å². The van der Waals surface area contributed by atoms with Gasteiger partial charge in [0.1, 0.15) is 11.4 Å². The second kappa shape index (κ2) is 5.49. The Bertz CT molecular complexity index is 1150. The van der Waals surface area contributed by atoms with Crippen LogP contribution in [0.5, 0.6) is 0 Å². The van der Waals surface area contributed by atoms with Crippen LogP contribution in [0, 0.1) is 0 Å². The van der Waals surface area contributed by atoms with Crippen molar-refractivity contribution in [3.8, 4) is 23.0 Å². The Labute approximate surface area is 149 Å². The van der Waals surface area contributed by atoms with Crippen molar-refractivity contribution in [2.75, 3.05) is 0 Å². The number of aryl methyl sites for hydroxylation is 2. The van der Waals surface area contributed by atoms with E-state index in [0.29, 0.717) is 0 Å². The highest BCUT2D eigenvalue weighted by Crippen LogP contribution is 2.24. The van der Waals surface area contributed by atoms with Crippen LogP contribution in [0.1, 0.15) is 0 Å². The first kappa shape index (κ1) is 14.8. The minimum absolute atomic E-state index is 0.742. The van der Waals surface area contributed by atoms with Gasteiger partial charge in [0, 0.05) is 14.1 Å². The van der Waals surface area contributed by atoms with E-state index in [1.807, 2.05) is 71.8 Å². The summed E-state index contributed by atoms with van der Waals surface area (Å²) in [6.45, 7) is 0. The van der Waals surface area contributed by atoms with E-state index in [0.717, 1.165) is 45.1 Å². The molecule has 0 unspecified atom stereocenters. The standard InChI is InChI=1S/C20H16N6/c1-25-17-9-5-3-7-13(17)23-19(25)15-11-22-16(12-21-15)20-24-14-8-4-6-10-18(14)26(20)2/h3-12H,1-2H3. The molecule has 0 atom stereocenters. The van der Waals surface area contributed by atoms with Crippen molar-refractivity contribution in [2.24, 2.45) is 14.1 Å². The number of imidazole rings is 2. The fourth-order valence-corrected chi connectivity index (χ4v) is 3.31. The molecule has 0 fully saturated rings. The van der Waals surface area contributed by atoms with Gasteiger partial charge in [-0.1, -0.05) is 24.3 Å². The van der Waals surface area contributed by atoms with Crippen molar-refractivity contribution in [3.05, 3.63) is 60.9 Å². The highest BCUT2D eigenvalue weighted by molar-refractivity contribution is 5.81. The van der Waals surface area contributed by atoms with E-state index in [1.54, 1.807) is 12.4 Å². The lowest BCUT2D eigenvalue weighted by Gasteiger charge is -2.04. The van der Waals surface area contributed by atoms with Gasteiger partial charge in [-0.25, -0.2) is 19.9 Å². The lowest BCUT2D eigenvalue weighted by Crippen LogP contribution is -1.99. The van der Waals surface area contributed by atoms with E-state index in [4.69, 9.17) is 0 Å². The Kier molecular flexibility index (Phi) is 3.12. The molecule has 0 N–H and O–H groups in total. The Balaban J connectivity index is 1.60. The summed E-state index contributed by atoms with van der Waals surface area (Å²) >= 11 is 0. The van der Waals surface area contributed by atoms with Gasteiger partial charge < -0.3 is 9.13 Å². The van der Waals surface area contributed by atoms with E-state index in [1.165, 1.54) is 0 Å². The molecule has 3 aromatic heterocycles. The third kappa shape index (κ3) is 2.12. The van der Waals surface area contributed by atoms with Gasteiger partial charge in [-0.05, 0) is 24.3 Å². The smallest absolute Gasteiger partial charge is 0.161 e. The number of aromatic nitrogens is 6. The van der Waals surface area contributed by atoms with Gasteiger partial charge in [0.25, 0.3) is 0 Å². The van der Waals surface area contributed by atoms with Crippen molar-refractivity contribution in [1.82, 2.24) is 29.1 Å². The predicted molar refractivity (Wildman–Crippen MR) is 101 cm³/mol. The summed E-state index contributed by atoms with van der Waals surface area (Å²) in [7, 11) is 3.98. The Hall–Kier alpha value is -3.54. The number of rotatable bonds is 2. The van der Waals surface area contributed by atoms with Crippen molar-refractivity contribution in [2.45, 2.75) is 0 Å². The van der Waals surface area contributed by atoms with Gasteiger partial charge in [0.2, 0.25) is 0 Å². The molecule has 0 amide bonds. The maximum atomic E-state index is 4.68.